The molecule has 3 rings (SSSR count). The second-order valence-electron chi connectivity index (χ2n) is 8.63. The zero-order chi connectivity index (χ0) is 22.5. The predicted molar refractivity (Wildman–Crippen MR) is 128 cm³/mol. The van der Waals surface area contributed by atoms with Gasteiger partial charge < -0.3 is 19.4 Å². The van der Waals surface area contributed by atoms with Crippen molar-refractivity contribution in [2.45, 2.75) is 51.3 Å². The summed E-state index contributed by atoms with van der Waals surface area (Å²) in [5.74, 6) is 0.650. The fourth-order valence-corrected chi connectivity index (χ4v) is 3.34. The second kappa shape index (κ2) is 9.94. The molecule has 1 saturated heterocycles. The zero-order valence-electron chi connectivity index (χ0n) is 18.6. The van der Waals surface area contributed by atoms with Gasteiger partial charge in [0.05, 0.1) is 11.2 Å². The number of amides is 1. The summed E-state index contributed by atoms with van der Waals surface area (Å²) in [6.07, 6.45) is 1.50. The van der Waals surface area contributed by atoms with E-state index in [0.717, 1.165) is 22.2 Å². The monoisotopic (exact) mass is 439 g/mol. The minimum atomic E-state index is -0.570. The summed E-state index contributed by atoms with van der Waals surface area (Å²) in [6.45, 7) is 8.49. The Labute approximate surface area is 190 Å². The van der Waals surface area contributed by atoms with Gasteiger partial charge in [-0.3, -0.25) is 0 Å². The molecule has 0 spiro atoms. The number of nitrogens with one attached hydrogen (secondary N) is 1. The van der Waals surface area contributed by atoms with E-state index in [0.29, 0.717) is 5.75 Å². The van der Waals surface area contributed by atoms with Crippen LogP contribution >= 0.6 is 12.6 Å². The minimum Gasteiger partial charge on any atom is -0.445 e. The summed E-state index contributed by atoms with van der Waals surface area (Å²) < 4.78 is 17.8. The van der Waals surface area contributed by atoms with Gasteiger partial charge in [-0.2, -0.15) is 12.6 Å². The van der Waals surface area contributed by atoms with Crippen molar-refractivity contribution in [2.24, 2.45) is 0 Å². The lowest BCUT2D eigenvalue weighted by Crippen LogP contribution is -2.41. The Balaban J connectivity index is 1.73. The molecule has 0 aliphatic carbocycles. The molecule has 0 radical (unpaired) electrons. The van der Waals surface area contributed by atoms with Crippen molar-refractivity contribution in [1.29, 1.82) is 0 Å². The number of rotatable bonds is 7. The summed E-state index contributed by atoms with van der Waals surface area (Å²) in [5, 5.41) is 2.83. The van der Waals surface area contributed by atoms with Crippen LogP contribution in [0.1, 0.15) is 44.4 Å². The van der Waals surface area contributed by atoms with Crippen molar-refractivity contribution in [1.82, 2.24) is 5.32 Å². The molecule has 0 aromatic heterocycles. The van der Waals surface area contributed by atoms with Crippen molar-refractivity contribution in [3.8, 4) is 0 Å². The molecule has 5 nitrogen and oxygen atoms in total. The van der Waals surface area contributed by atoms with Crippen LogP contribution in [0.25, 0.3) is 6.08 Å². The summed E-state index contributed by atoms with van der Waals surface area (Å²) in [4.78, 5) is 12.3. The van der Waals surface area contributed by atoms with Crippen LogP contribution in [0.4, 0.5) is 4.79 Å². The Morgan fingerprint density at radius 2 is 1.68 bits per heavy atom. The quantitative estimate of drug-likeness (QED) is 0.468. The summed E-state index contributed by atoms with van der Waals surface area (Å²) >= 11 is 4.36. The number of benzene rings is 2. The fraction of sp³-hybridized carbons (Fsp3) is 0.375. The van der Waals surface area contributed by atoms with Gasteiger partial charge >= 0.3 is 13.2 Å². The maximum absolute atomic E-state index is 12.3. The largest absolute Gasteiger partial charge is 0.492 e. The van der Waals surface area contributed by atoms with Crippen molar-refractivity contribution in [3.05, 3.63) is 76.8 Å². The molecule has 2 aromatic rings. The van der Waals surface area contributed by atoms with Crippen LogP contribution in [0.15, 0.2) is 60.1 Å². The van der Waals surface area contributed by atoms with Crippen molar-refractivity contribution in [3.63, 3.8) is 0 Å². The summed E-state index contributed by atoms with van der Waals surface area (Å²) in [6, 6.07) is 17.7. The van der Waals surface area contributed by atoms with Gasteiger partial charge in [-0.05, 0) is 49.9 Å². The molecule has 1 amide bonds. The Kier molecular flexibility index (Phi) is 7.52. The van der Waals surface area contributed by atoms with Gasteiger partial charge in [-0.1, -0.05) is 60.7 Å². The molecule has 1 aliphatic rings. The molecule has 1 N–H and O–H groups in total. The normalized spacial score (nSPS) is 17.5. The molecular weight excluding hydrogens is 409 g/mol. The van der Waals surface area contributed by atoms with E-state index in [2.05, 4.69) is 24.0 Å². The highest BCUT2D eigenvalue weighted by molar-refractivity contribution is 7.79. The number of hydrogen-bond acceptors (Lipinski definition) is 5. The van der Waals surface area contributed by atoms with Crippen molar-refractivity contribution < 1.29 is 18.8 Å². The number of alkyl carbamates (subject to hydrolysis) is 1. The van der Waals surface area contributed by atoms with Gasteiger partial charge in [-0.15, -0.1) is 0 Å². The van der Waals surface area contributed by atoms with E-state index in [1.807, 2.05) is 82.3 Å². The molecule has 7 heteroatoms. The van der Waals surface area contributed by atoms with Crippen molar-refractivity contribution in [2.75, 3.05) is 6.54 Å². The molecule has 0 bridgehead atoms. The van der Waals surface area contributed by atoms with Crippen LogP contribution in [0, 0.1) is 0 Å². The zero-order valence-corrected chi connectivity index (χ0v) is 19.4. The van der Waals surface area contributed by atoms with E-state index >= 15 is 0 Å². The predicted octanol–water partition coefficient (Wildman–Crippen LogP) is 5.06. The lowest BCUT2D eigenvalue weighted by molar-refractivity contribution is 0.00578. The molecule has 1 fully saturated rings. The Bertz CT molecular complexity index is 914. The number of hydrogen-bond donors (Lipinski definition) is 2. The van der Waals surface area contributed by atoms with Gasteiger partial charge in [0.1, 0.15) is 6.61 Å². The van der Waals surface area contributed by atoms with E-state index < -0.39 is 24.4 Å². The van der Waals surface area contributed by atoms with Crippen LogP contribution in [-0.4, -0.2) is 31.0 Å². The maximum Gasteiger partial charge on any atom is 0.492 e. The molecule has 31 heavy (non-hydrogen) atoms. The first-order valence-electron chi connectivity index (χ1n) is 10.4. The number of carbonyl (C=O) groups excluding carboxylic acids is 1. The first-order valence-corrected chi connectivity index (χ1v) is 11.0. The van der Waals surface area contributed by atoms with Crippen LogP contribution in [0.2, 0.25) is 0 Å². The Hall–Kier alpha value is -2.22. The SMILES string of the molecule is CC1(C)OB(C(=Cc2cccc(CS)c2)CNC(=O)OCc2ccccc2)OC1(C)C. The fourth-order valence-electron chi connectivity index (χ4n) is 3.14. The van der Waals surface area contributed by atoms with Gasteiger partial charge in [0.15, 0.2) is 0 Å². The number of thiol groups is 1. The molecule has 0 atom stereocenters. The number of ether oxygens (including phenoxy) is 1. The molecule has 164 valence electrons. The van der Waals surface area contributed by atoms with Crippen LogP contribution in [0.5, 0.6) is 0 Å². The highest BCUT2D eigenvalue weighted by Gasteiger charge is 2.52. The molecule has 2 aromatic carbocycles. The van der Waals surface area contributed by atoms with Crippen LogP contribution < -0.4 is 5.32 Å². The standard InChI is InChI=1S/C24H30BNO4S/c1-23(2)24(3,4)30-25(29-23)21(14-19-11-8-12-20(13-19)17-31)15-26-22(27)28-16-18-9-6-5-7-10-18/h5-14,31H,15-17H2,1-4H3,(H,26,27). The average Bonchev–Trinajstić information content (AvgIpc) is 2.97. The third-order valence-corrected chi connectivity index (χ3v) is 6.06. The third kappa shape index (κ3) is 6.15. The average molecular weight is 439 g/mol. The molecule has 0 unspecified atom stereocenters. The van der Waals surface area contributed by atoms with E-state index in [4.69, 9.17) is 14.0 Å². The van der Waals surface area contributed by atoms with E-state index in [1.165, 1.54) is 0 Å². The van der Waals surface area contributed by atoms with Crippen LogP contribution in [-0.2, 0) is 26.4 Å². The van der Waals surface area contributed by atoms with E-state index in [-0.39, 0.29) is 13.2 Å². The van der Waals surface area contributed by atoms with E-state index in [1.54, 1.807) is 0 Å². The summed E-state index contributed by atoms with van der Waals surface area (Å²) in [5.41, 5.74) is 2.90. The minimum absolute atomic E-state index is 0.214. The molecular formula is C24H30BNO4S. The second-order valence-corrected chi connectivity index (χ2v) is 8.94. The first-order chi connectivity index (χ1) is 14.7. The topological polar surface area (TPSA) is 56.8 Å². The third-order valence-electron chi connectivity index (χ3n) is 5.69. The smallest absolute Gasteiger partial charge is 0.445 e. The highest BCUT2D eigenvalue weighted by atomic mass is 32.1. The van der Waals surface area contributed by atoms with Gasteiger partial charge in [0.2, 0.25) is 0 Å². The van der Waals surface area contributed by atoms with Gasteiger partial charge in [-0.25, -0.2) is 4.79 Å². The van der Waals surface area contributed by atoms with Crippen molar-refractivity contribution >= 4 is 31.9 Å². The van der Waals surface area contributed by atoms with Crippen LogP contribution in [0.3, 0.4) is 0 Å². The Morgan fingerprint density at radius 1 is 1.03 bits per heavy atom. The lowest BCUT2D eigenvalue weighted by Gasteiger charge is -2.32. The molecule has 0 saturated carbocycles. The molecule has 1 heterocycles. The summed E-state index contributed by atoms with van der Waals surface area (Å²) in [7, 11) is -0.570. The highest BCUT2D eigenvalue weighted by Crippen LogP contribution is 2.38. The van der Waals surface area contributed by atoms with E-state index in [9.17, 15) is 4.79 Å². The number of carbonyl (C=O) groups is 1. The molecule has 1 aliphatic heterocycles. The lowest BCUT2D eigenvalue weighted by atomic mass is 9.77. The van der Waals surface area contributed by atoms with Gasteiger partial charge in [0, 0.05) is 12.3 Å². The first kappa shape index (κ1) is 23.4. The maximum atomic E-state index is 12.3. The Morgan fingerprint density at radius 3 is 2.32 bits per heavy atom. The van der Waals surface area contributed by atoms with Gasteiger partial charge in [0.25, 0.3) is 0 Å².